The molecule has 0 heterocycles. The van der Waals surface area contributed by atoms with Gasteiger partial charge in [0, 0.05) is 6.42 Å². The summed E-state index contributed by atoms with van der Waals surface area (Å²) in [5.74, 6) is 0.245. The molecule has 0 spiro atoms. The Bertz CT molecular complexity index is 1270. The lowest BCUT2D eigenvalue weighted by molar-refractivity contribution is -0.117. The highest BCUT2D eigenvalue weighted by Crippen LogP contribution is 2.30. The maximum Gasteiger partial charge on any atom is 0.270 e. The van der Waals surface area contributed by atoms with Gasteiger partial charge in [-0.1, -0.05) is 62.7 Å². The van der Waals surface area contributed by atoms with Crippen LogP contribution in [0.15, 0.2) is 71.6 Å². The van der Waals surface area contributed by atoms with Gasteiger partial charge >= 0.3 is 0 Å². The summed E-state index contributed by atoms with van der Waals surface area (Å²) in [4.78, 5) is 13.4. The first kappa shape index (κ1) is 26.5. The van der Waals surface area contributed by atoms with Crippen molar-refractivity contribution in [1.82, 2.24) is 0 Å². The predicted octanol–water partition coefficient (Wildman–Crippen LogP) is 6.49. The minimum absolute atomic E-state index is 0.0402. The molecular formula is C29H35NO4S. The topological polar surface area (TPSA) is 63.7 Å². The molecule has 0 bridgehead atoms. The fourth-order valence-corrected chi connectivity index (χ4v) is 5.24. The van der Waals surface area contributed by atoms with E-state index in [4.69, 9.17) is 4.74 Å². The fraction of sp³-hybridized carbons (Fsp3) is 0.345. The maximum absolute atomic E-state index is 13.6. The second kappa shape index (κ2) is 10.6. The number of rotatable bonds is 8. The van der Waals surface area contributed by atoms with E-state index in [0.717, 1.165) is 26.7 Å². The Kier molecular flexibility index (Phi) is 8.06. The maximum atomic E-state index is 13.6. The number of aryl methyl sites for hydroxylation is 2. The van der Waals surface area contributed by atoms with E-state index in [0.29, 0.717) is 18.7 Å². The van der Waals surface area contributed by atoms with Crippen LogP contribution in [-0.4, -0.2) is 20.9 Å². The quantitative estimate of drug-likeness (QED) is 0.337. The highest BCUT2D eigenvalue weighted by Gasteiger charge is 2.32. The molecule has 1 amide bonds. The Morgan fingerprint density at radius 1 is 0.886 bits per heavy atom. The minimum atomic E-state index is -4.07. The smallest absolute Gasteiger partial charge is 0.270 e. The Balaban J connectivity index is 1.77. The summed E-state index contributed by atoms with van der Waals surface area (Å²) < 4.78 is 34.0. The zero-order valence-electron chi connectivity index (χ0n) is 21.5. The van der Waals surface area contributed by atoms with Crippen LogP contribution < -0.4 is 9.04 Å². The van der Waals surface area contributed by atoms with Crippen LogP contribution in [0.3, 0.4) is 0 Å². The lowest BCUT2D eigenvalue weighted by Gasteiger charge is -2.25. The summed E-state index contributed by atoms with van der Waals surface area (Å²) in [6, 6.07) is 19.8. The minimum Gasteiger partial charge on any atom is -0.494 e. The molecule has 35 heavy (non-hydrogen) atoms. The van der Waals surface area contributed by atoms with Crippen LogP contribution >= 0.6 is 0 Å². The molecule has 0 aliphatic rings. The fourth-order valence-electron chi connectivity index (χ4n) is 3.74. The molecule has 3 aromatic rings. The average Bonchev–Trinajstić information content (AvgIpc) is 2.79. The van der Waals surface area contributed by atoms with Crippen molar-refractivity contribution in [2.75, 3.05) is 10.9 Å². The standard InChI is InChI=1S/C29H35NO4S/c1-21-12-18-26(19-13-21)35(32,33)30(27-10-7-9-22(2)23(27)3)28(31)11-8-20-34-25-16-14-24(15-17-25)29(4,5)6/h7,9-10,12-19H,8,11,20H2,1-6H3. The number of amides is 1. The highest BCUT2D eigenvalue weighted by atomic mass is 32.2. The van der Waals surface area contributed by atoms with E-state index in [1.54, 1.807) is 36.4 Å². The van der Waals surface area contributed by atoms with Gasteiger partial charge in [-0.15, -0.1) is 0 Å². The van der Waals surface area contributed by atoms with E-state index in [1.165, 1.54) is 5.56 Å². The molecule has 0 N–H and O–H groups in total. The molecule has 3 aromatic carbocycles. The third-order valence-electron chi connectivity index (χ3n) is 6.10. The molecule has 6 heteroatoms. The van der Waals surface area contributed by atoms with Gasteiger partial charge in [-0.2, -0.15) is 0 Å². The largest absolute Gasteiger partial charge is 0.494 e. The van der Waals surface area contributed by atoms with Crippen molar-refractivity contribution in [3.05, 3.63) is 89.0 Å². The zero-order chi connectivity index (χ0) is 25.8. The predicted molar refractivity (Wildman–Crippen MR) is 142 cm³/mol. The first-order valence-electron chi connectivity index (χ1n) is 11.9. The number of sulfonamides is 1. The van der Waals surface area contributed by atoms with Gasteiger partial charge in [-0.25, -0.2) is 12.7 Å². The Morgan fingerprint density at radius 3 is 2.11 bits per heavy atom. The molecule has 0 aliphatic carbocycles. The van der Waals surface area contributed by atoms with Gasteiger partial charge in [0.25, 0.3) is 10.0 Å². The Labute approximate surface area is 209 Å². The van der Waals surface area contributed by atoms with Gasteiger partial charge in [0.05, 0.1) is 17.2 Å². The zero-order valence-corrected chi connectivity index (χ0v) is 22.3. The Hall–Kier alpha value is -3.12. The molecular weight excluding hydrogens is 458 g/mol. The summed E-state index contributed by atoms with van der Waals surface area (Å²) in [6.45, 7) is 12.4. The number of hydrogen-bond donors (Lipinski definition) is 0. The van der Waals surface area contributed by atoms with Crippen LogP contribution in [0.1, 0.15) is 55.9 Å². The van der Waals surface area contributed by atoms with Crippen molar-refractivity contribution in [2.24, 2.45) is 0 Å². The first-order chi connectivity index (χ1) is 16.4. The summed E-state index contributed by atoms with van der Waals surface area (Å²) >= 11 is 0. The van der Waals surface area contributed by atoms with E-state index >= 15 is 0 Å². The third-order valence-corrected chi connectivity index (χ3v) is 7.85. The second-order valence-electron chi connectivity index (χ2n) is 9.92. The first-order valence-corrected chi connectivity index (χ1v) is 13.3. The van der Waals surface area contributed by atoms with Crippen molar-refractivity contribution in [2.45, 2.75) is 64.7 Å². The molecule has 0 unspecified atom stereocenters. The van der Waals surface area contributed by atoms with E-state index in [9.17, 15) is 13.2 Å². The molecule has 186 valence electrons. The molecule has 0 saturated heterocycles. The molecule has 0 saturated carbocycles. The van der Waals surface area contributed by atoms with Crippen molar-refractivity contribution in [3.63, 3.8) is 0 Å². The van der Waals surface area contributed by atoms with Gasteiger partial charge < -0.3 is 4.74 Å². The summed E-state index contributed by atoms with van der Waals surface area (Å²) in [5.41, 5.74) is 4.28. The number of hydrogen-bond acceptors (Lipinski definition) is 4. The van der Waals surface area contributed by atoms with Gasteiger partial charge in [-0.05, 0) is 79.6 Å². The molecule has 0 fully saturated rings. The van der Waals surface area contributed by atoms with Crippen molar-refractivity contribution in [3.8, 4) is 5.75 Å². The van der Waals surface area contributed by atoms with Gasteiger partial charge in [0.1, 0.15) is 5.75 Å². The number of nitrogens with zero attached hydrogens (tertiary/aromatic N) is 1. The highest BCUT2D eigenvalue weighted by molar-refractivity contribution is 7.93. The average molecular weight is 494 g/mol. The van der Waals surface area contributed by atoms with Crippen LogP contribution in [0.4, 0.5) is 5.69 Å². The van der Waals surface area contributed by atoms with Crippen molar-refractivity contribution >= 4 is 21.6 Å². The van der Waals surface area contributed by atoms with Crippen LogP contribution in [-0.2, 0) is 20.2 Å². The van der Waals surface area contributed by atoms with Crippen molar-refractivity contribution < 1.29 is 17.9 Å². The number of anilines is 1. The van der Waals surface area contributed by atoms with E-state index in [1.807, 2.05) is 51.1 Å². The van der Waals surface area contributed by atoms with E-state index in [2.05, 4.69) is 20.8 Å². The number of carbonyl (C=O) groups is 1. The Morgan fingerprint density at radius 2 is 1.51 bits per heavy atom. The third kappa shape index (κ3) is 6.31. The molecule has 0 atom stereocenters. The monoisotopic (exact) mass is 493 g/mol. The van der Waals surface area contributed by atoms with Crippen LogP contribution in [0.2, 0.25) is 0 Å². The van der Waals surface area contributed by atoms with E-state index < -0.39 is 15.9 Å². The number of ether oxygens (including phenoxy) is 1. The van der Waals surface area contributed by atoms with Gasteiger partial charge in [0.2, 0.25) is 5.91 Å². The lowest BCUT2D eigenvalue weighted by atomic mass is 9.87. The van der Waals surface area contributed by atoms with Crippen LogP contribution in [0.5, 0.6) is 5.75 Å². The molecule has 5 nitrogen and oxygen atoms in total. The molecule has 0 radical (unpaired) electrons. The van der Waals surface area contributed by atoms with Gasteiger partial charge in [-0.3, -0.25) is 4.79 Å². The molecule has 0 aliphatic heterocycles. The van der Waals surface area contributed by atoms with Crippen LogP contribution in [0.25, 0.3) is 0 Å². The van der Waals surface area contributed by atoms with E-state index in [-0.39, 0.29) is 16.7 Å². The number of benzene rings is 3. The molecule has 3 rings (SSSR count). The summed E-state index contributed by atoms with van der Waals surface area (Å²) in [7, 11) is -4.07. The van der Waals surface area contributed by atoms with Gasteiger partial charge in [0.15, 0.2) is 0 Å². The summed E-state index contributed by atoms with van der Waals surface area (Å²) in [6.07, 6.45) is 0.434. The SMILES string of the molecule is Cc1ccc(S(=O)(=O)N(C(=O)CCCOc2ccc(C(C)(C)C)cc2)c2cccc(C)c2C)cc1. The van der Waals surface area contributed by atoms with Crippen molar-refractivity contribution in [1.29, 1.82) is 0 Å². The molecule has 0 aromatic heterocycles. The second-order valence-corrected chi connectivity index (χ2v) is 11.7. The van der Waals surface area contributed by atoms with Crippen LogP contribution in [0, 0.1) is 20.8 Å². The lowest BCUT2D eigenvalue weighted by Crippen LogP contribution is -2.37. The number of carbonyl (C=O) groups excluding carboxylic acids is 1. The summed E-state index contributed by atoms with van der Waals surface area (Å²) in [5, 5.41) is 0. The normalized spacial score (nSPS) is 11.8.